The van der Waals surface area contributed by atoms with E-state index in [0.29, 0.717) is 5.56 Å². The minimum atomic E-state index is -4.50. The van der Waals surface area contributed by atoms with Gasteiger partial charge in [-0.25, -0.2) is 4.79 Å². The van der Waals surface area contributed by atoms with Crippen LogP contribution in [0.4, 0.5) is 13.2 Å². The van der Waals surface area contributed by atoms with Crippen molar-refractivity contribution in [1.29, 1.82) is 0 Å². The molecule has 0 aliphatic heterocycles. The Morgan fingerprint density at radius 1 is 1.11 bits per heavy atom. The second-order valence-corrected chi connectivity index (χ2v) is 3.54. The number of hydrogen-bond donors (Lipinski definition) is 1. The van der Waals surface area contributed by atoms with E-state index in [4.69, 9.17) is 5.11 Å². The van der Waals surface area contributed by atoms with E-state index in [9.17, 15) is 18.0 Å². The van der Waals surface area contributed by atoms with E-state index in [2.05, 4.69) is 15.2 Å². The number of aromatic nitrogens is 3. The van der Waals surface area contributed by atoms with Gasteiger partial charge in [-0.3, -0.25) is 4.98 Å². The van der Waals surface area contributed by atoms with Crippen LogP contribution in [0.3, 0.4) is 0 Å². The third-order valence-corrected chi connectivity index (χ3v) is 2.23. The lowest BCUT2D eigenvalue weighted by molar-refractivity contribution is -0.141. The smallest absolute Gasteiger partial charge is 0.433 e. The number of pyridine rings is 1. The topological polar surface area (TPSA) is 76.0 Å². The maximum Gasteiger partial charge on any atom is 0.433 e. The summed E-state index contributed by atoms with van der Waals surface area (Å²) in [6.07, 6.45) is -3.50. The van der Waals surface area contributed by atoms with Crippen molar-refractivity contribution in [3.63, 3.8) is 0 Å². The number of rotatable bonds is 2. The Bertz CT molecular complexity index is 594. The summed E-state index contributed by atoms with van der Waals surface area (Å²) in [5.74, 6) is -1.23. The predicted molar refractivity (Wildman–Crippen MR) is 57.2 cm³/mol. The minimum absolute atomic E-state index is 0.242. The number of carbonyl (C=O) groups is 1. The predicted octanol–water partition coefficient (Wildman–Crippen LogP) is 2.26. The summed E-state index contributed by atoms with van der Waals surface area (Å²) in [6, 6.07) is 4.57. The number of aromatic carboxylic acids is 1. The average Bonchev–Trinajstić information content (AvgIpc) is 2.38. The van der Waals surface area contributed by atoms with Gasteiger partial charge in [-0.1, -0.05) is 0 Å². The second-order valence-electron chi connectivity index (χ2n) is 3.54. The van der Waals surface area contributed by atoms with Crippen molar-refractivity contribution >= 4 is 5.97 Å². The molecule has 2 aromatic rings. The lowest BCUT2D eigenvalue weighted by Crippen LogP contribution is -2.07. The molecule has 0 aromatic carbocycles. The van der Waals surface area contributed by atoms with E-state index in [1.54, 1.807) is 0 Å². The van der Waals surface area contributed by atoms with Crippen molar-refractivity contribution in [3.05, 3.63) is 41.9 Å². The maximum atomic E-state index is 12.3. The minimum Gasteiger partial charge on any atom is -0.476 e. The molecule has 0 radical (unpaired) electrons. The summed E-state index contributed by atoms with van der Waals surface area (Å²) in [5.41, 5.74) is -0.696. The van der Waals surface area contributed by atoms with Crippen LogP contribution in [0.2, 0.25) is 0 Å². The van der Waals surface area contributed by atoms with Crippen LogP contribution in [0.15, 0.2) is 30.5 Å². The fourth-order valence-corrected chi connectivity index (χ4v) is 1.31. The Morgan fingerprint density at radius 2 is 1.84 bits per heavy atom. The summed E-state index contributed by atoms with van der Waals surface area (Å²) in [4.78, 5) is 13.8. The molecule has 0 saturated carbocycles. The van der Waals surface area contributed by atoms with Crippen molar-refractivity contribution in [1.82, 2.24) is 15.2 Å². The zero-order valence-corrected chi connectivity index (χ0v) is 9.22. The number of carboxylic acids is 1. The first-order chi connectivity index (χ1) is 8.88. The molecule has 0 aliphatic carbocycles. The van der Waals surface area contributed by atoms with Gasteiger partial charge < -0.3 is 5.11 Å². The Labute approximate surface area is 104 Å². The molecule has 0 amide bonds. The highest BCUT2D eigenvalue weighted by Crippen LogP contribution is 2.28. The molecule has 8 heteroatoms. The molecule has 0 aliphatic rings. The van der Waals surface area contributed by atoms with Gasteiger partial charge in [0.15, 0.2) is 5.69 Å². The van der Waals surface area contributed by atoms with Crippen molar-refractivity contribution in [3.8, 4) is 11.3 Å². The van der Waals surface area contributed by atoms with Gasteiger partial charge in [-0.05, 0) is 24.3 Å². The van der Waals surface area contributed by atoms with Gasteiger partial charge in [0.2, 0.25) is 0 Å². The van der Waals surface area contributed by atoms with Crippen LogP contribution in [0.1, 0.15) is 16.2 Å². The molecule has 1 N–H and O–H groups in total. The molecule has 5 nitrogen and oxygen atoms in total. The van der Waals surface area contributed by atoms with Crippen molar-refractivity contribution in [2.24, 2.45) is 0 Å². The Morgan fingerprint density at radius 3 is 2.26 bits per heavy atom. The lowest BCUT2D eigenvalue weighted by Gasteiger charge is -2.06. The highest BCUT2D eigenvalue weighted by molar-refractivity contribution is 5.85. The van der Waals surface area contributed by atoms with Gasteiger partial charge in [-0.2, -0.15) is 13.2 Å². The number of halogens is 3. The zero-order chi connectivity index (χ0) is 14.0. The molecule has 98 valence electrons. The third kappa shape index (κ3) is 2.84. The van der Waals surface area contributed by atoms with Crippen molar-refractivity contribution < 1.29 is 23.1 Å². The van der Waals surface area contributed by atoms with Crippen LogP contribution in [0.5, 0.6) is 0 Å². The zero-order valence-electron chi connectivity index (χ0n) is 9.22. The summed E-state index contributed by atoms with van der Waals surface area (Å²) < 4.78 is 36.9. The average molecular weight is 269 g/mol. The quantitative estimate of drug-likeness (QED) is 0.904. The highest BCUT2D eigenvalue weighted by atomic mass is 19.4. The standard InChI is InChI=1S/C11H6F3N3O2/c12-11(13,14)9-4-1-6(5-15-9)7-2-3-8(10(18)19)17-16-7/h1-5H,(H,18,19). The monoisotopic (exact) mass is 269 g/mol. The Kier molecular flexibility index (Phi) is 3.16. The SMILES string of the molecule is O=C(O)c1ccc(-c2ccc(C(F)(F)F)nc2)nn1. The molecule has 0 bridgehead atoms. The van der Waals surface area contributed by atoms with Crippen molar-refractivity contribution in [2.75, 3.05) is 0 Å². The van der Waals surface area contributed by atoms with Gasteiger partial charge in [0.05, 0.1) is 5.69 Å². The van der Waals surface area contributed by atoms with Gasteiger partial charge in [-0.15, -0.1) is 10.2 Å². The molecule has 2 aromatic heterocycles. The van der Waals surface area contributed by atoms with Crippen LogP contribution in [-0.4, -0.2) is 26.3 Å². The van der Waals surface area contributed by atoms with E-state index in [0.717, 1.165) is 12.3 Å². The van der Waals surface area contributed by atoms with Crippen LogP contribution in [0, 0.1) is 0 Å². The van der Waals surface area contributed by atoms with Crippen molar-refractivity contribution in [2.45, 2.75) is 6.18 Å². The fraction of sp³-hybridized carbons (Fsp3) is 0.0909. The van der Waals surface area contributed by atoms with Crippen LogP contribution in [0.25, 0.3) is 11.3 Å². The highest BCUT2D eigenvalue weighted by Gasteiger charge is 2.32. The van der Waals surface area contributed by atoms with E-state index >= 15 is 0 Å². The van der Waals surface area contributed by atoms with Crippen LogP contribution >= 0.6 is 0 Å². The Balaban J connectivity index is 2.30. The molecular formula is C11H6F3N3O2. The van der Waals surface area contributed by atoms with E-state index < -0.39 is 17.8 Å². The molecule has 2 heterocycles. The van der Waals surface area contributed by atoms with Gasteiger partial charge in [0.25, 0.3) is 0 Å². The number of carboxylic acid groups (broad SMARTS) is 1. The van der Waals surface area contributed by atoms with Gasteiger partial charge >= 0.3 is 12.1 Å². The maximum absolute atomic E-state index is 12.3. The Hall–Kier alpha value is -2.51. The molecule has 2 rings (SSSR count). The second kappa shape index (κ2) is 4.63. The summed E-state index contributed by atoms with van der Waals surface area (Å²) in [6.45, 7) is 0. The molecule has 19 heavy (non-hydrogen) atoms. The summed E-state index contributed by atoms with van der Waals surface area (Å²) in [5, 5.41) is 15.7. The first kappa shape index (κ1) is 12.9. The summed E-state index contributed by atoms with van der Waals surface area (Å²) >= 11 is 0. The fourth-order valence-electron chi connectivity index (χ4n) is 1.31. The van der Waals surface area contributed by atoms with E-state index in [1.807, 2.05) is 0 Å². The first-order valence-corrected chi connectivity index (χ1v) is 4.98. The molecule has 0 saturated heterocycles. The number of alkyl halides is 3. The lowest BCUT2D eigenvalue weighted by atomic mass is 10.2. The largest absolute Gasteiger partial charge is 0.476 e. The molecule has 0 atom stereocenters. The first-order valence-electron chi connectivity index (χ1n) is 4.98. The molecular weight excluding hydrogens is 263 g/mol. The molecule has 0 spiro atoms. The van der Waals surface area contributed by atoms with Gasteiger partial charge in [0, 0.05) is 11.8 Å². The van der Waals surface area contributed by atoms with Crippen LogP contribution in [-0.2, 0) is 6.18 Å². The number of hydrogen-bond acceptors (Lipinski definition) is 4. The van der Waals surface area contributed by atoms with E-state index in [-0.39, 0.29) is 11.4 Å². The van der Waals surface area contributed by atoms with Gasteiger partial charge in [0.1, 0.15) is 5.69 Å². The number of nitrogens with zero attached hydrogens (tertiary/aromatic N) is 3. The summed E-state index contributed by atoms with van der Waals surface area (Å²) in [7, 11) is 0. The van der Waals surface area contributed by atoms with E-state index in [1.165, 1.54) is 18.2 Å². The normalized spacial score (nSPS) is 11.3. The molecule has 0 unspecified atom stereocenters. The third-order valence-electron chi connectivity index (χ3n) is 2.23. The molecule has 0 fully saturated rings. The van der Waals surface area contributed by atoms with Crippen LogP contribution < -0.4 is 0 Å².